The monoisotopic (exact) mass is 526 g/mol. The Balaban J connectivity index is 1.25. The standard InChI is InChI=1S/C36H22N4O/c1-4-14-33-27(9-1)28-22-25(15-16-34(28)41-33)24-7-5-8-26(21-24)39-30-11-2-3-12-31(30)40-35-29(10-6-13-32(35)39)38-36(40)23-17-19-37-20-18-23/h1-22H. The van der Waals surface area contributed by atoms with Crippen molar-refractivity contribution < 1.29 is 4.42 Å². The number of pyridine rings is 1. The second-order valence-electron chi connectivity index (χ2n) is 10.3. The summed E-state index contributed by atoms with van der Waals surface area (Å²) < 4.78 is 8.37. The summed E-state index contributed by atoms with van der Waals surface area (Å²) in [6, 6.07) is 42.4. The number of para-hydroxylation sites is 4. The van der Waals surface area contributed by atoms with Crippen LogP contribution in [0.5, 0.6) is 0 Å². The van der Waals surface area contributed by atoms with Crippen LogP contribution in [0.25, 0.3) is 61.2 Å². The summed E-state index contributed by atoms with van der Waals surface area (Å²) in [5.41, 5.74) is 11.6. The number of anilines is 3. The molecule has 0 atom stereocenters. The van der Waals surface area contributed by atoms with Gasteiger partial charge in [-0.2, -0.15) is 0 Å². The van der Waals surface area contributed by atoms with E-state index in [9.17, 15) is 0 Å². The minimum Gasteiger partial charge on any atom is -0.456 e. The van der Waals surface area contributed by atoms with Crippen molar-refractivity contribution in [2.24, 2.45) is 0 Å². The summed E-state index contributed by atoms with van der Waals surface area (Å²) in [5, 5.41) is 2.26. The van der Waals surface area contributed by atoms with E-state index < -0.39 is 0 Å². The lowest BCUT2D eigenvalue weighted by Crippen LogP contribution is -2.18. The lowest BCUT2D eigenvalue weighted by atomic mass is 10.0. The van der Waals surface area contributed by atoms with Crippen LogP contribution in [0.15, 0.2) is 138 Å². The summed E-state index contributed by atoms with van der Waals surface area (Å²) in [7, 11) is 0. The molecule has 0 bridgehead atoms. The van der Waals surface area contributed by atoms with Crippen molar-refractivity contribution in [1.29, 1.82) is 0 Å². The third-order valence-electron chi connectivity index (χ3n) is 8.01. The predicted octanol–water partition coefficient (Wildman–Crippen LogP) is 9.44. The fourth-order valence-corrected chi connectivity index (χ4v) is 6.20. The van der Waals surface area contributed by atoms with E-state index in [0.717, 1.165) is 78.2 Å². The van der Waals surface area contributed by atoms with Gasteiger partial charge in [0.15, 0.2) is 0 Å². The van der Waals surface area contributed by atoms with Crippen molar-refractivity contribution in [3.8, 4) is 28.2 Å². The van der Waals surface area contributed by atoms with Gasteiger partial charge >= 0.3 is 0 Å². The molecule has 5 nitrogen and oxygen atoms in total. The van der Waals surface area contributed by atoms with Gasteiger partial charge in [-0.05, 0) is 77.9 Å². The number of imidazole rings is 1. The van der Waals surface area contributed by atoms with Crippen LogP contribution in [0.2, 0.25) is 0 Å². The molecule has 41 heavy (non-hydrogen) atoms. The minimum absolute atomic E-state index is 0.904. The molecule has 0 amide bonds. The molecule has 5 heteroatoms. The van der Waals surface area contributed by atoms with Crippen LogP contribution in [-0.2, 0) is 0 Å². The van der Waals surface area contributed by atoms with Crippen LogP contribution in [0.3, 0.4) is 0 Å². The normalized spacial score (nSPS) is 12.3. The fraction of sp³-hybridized carbons (Fsp3) is 0. The number of hydrogen-bond donors (Lipinski definition) is 0. The summed E-state index contributed by atoms with van der Waals surface area (Å²) in [6.45, 7) is 0. The average molecular weight is 527 g/mol. The van der Waals surface area contributed by atoms with Gasteiger partial charge in [0.2, 0.25) is 0 Å². The number of hydrogen-bond acceptors (Lipinski definition) is 4. The number of aromatic nitrogens is 3. The predicted molar refractivity (Wildman–Crippen MR) is 165 cm³/mol. The van der Waals surface area contributed by atoms with Gasteiger partial charge in [-0.15, -0.1) is 0 Å². The van der Waals surface area contributed by atoms with Crippen molar-refractivity contribution in [3.05, 3.63) is 134 Å². The molecule has 0 saturated heterocycles. The highest BCUT2D eigenvalue weighted by atomic mass is 16.3. The molecule has 3 aromatic heterocycles. The summed E-state index contributed by atoms with van der Waals surface area (Å²) in [4.78, 5) is 11.7. The van der Waals surface area contributed by atoms with Gasteiger partial charge in [-0.1, -0.05) is 54.6 Å². The van der Waals surface area contributed by atoms with Gasteiger partial charge in [-0.25, -0.2) is 4.98 Å². The van der Waals surface area contributed by atoms with Gasteiger partial charge in [0, 0.05) is 34.4 Å². The quantitative estimate of drug-likeness (QED) is 0.230. The Morgan fingerprint density at radius 2 is 1.29 bits per heavy atom. The summed E-state index contributed by atoms with van der Waals surface area (Å²) >= 11 is 0. The van der Waals surface area contributed by atoms with Crippen LogP contribution >= 0.6 is 0 Å². The Morgan fingerprint density at radius 1 is 0.537 bits per heavy atom. The Kier molecular flexibility index (Phi) is 4.55. The molecule has 1 aliphatic heterocycles. The van der Waals surface area contributed by atoms with E-state index in [2.05, 4.69) is 112 Å². The van der Waals surface area contributed by atoms with E-state index in [1.165, 1.54) is 0 Å². The van der Waals surface area contributed by atoms with E-state index in [0.29, 0.717) is 0 Å². The van der Waals surface area contributed by atoms with Crippen molar-refractivity contribution in [2.75, 3.05) is 4.90 Å². The third kappa shape index (κ3) is 3.23. The zero-order valence-electron chi connectivity index (χ0n) is 21.9. The molecule has 8 aromatic rings. The molecule has 0 radical (unpaired) electrons. The van der Waals surface area contributed by atoms with Crippen molar-refractivity contribution in [2.45, 2.75) is 0 Å². The van der Waals surface area contributed by atoms with Gasteiger partial charge in [-0.3, -0.25) is 9.55 Å². The summed E-state index contributed by atoms with van der Waals surface area (Å²) in [6.07, 6.45) is 3.64. The van der Waals surface area contributed by atoms with E-state index >= 15 is 0 Å². The average Bonchev–Trinajstić information content (AvgIpc) is 3.61. The minimum atomic E-state index is 0.904. The molecule has 5 aromatic carbocycles. The van der Waals surface area contributed by atoms with Crippen molar-refractivity contribution in [3.63, 3.8) is 0 Å². The molecule has 0 N–H and O–H groups in total. The number of nitrogens with zero attached hydrogens (tertiary/aromatic N) is 4. The maximum absolute atomic E-state index is 6.08. The van der Waals surface area contributed by atoms with Crippen LogP contribution in [0.4, 0.5) is 17.1 Å². The Labute approximate surface area is 235 Å². The lowest BCUT2D eigenvalue weighted by Gasteiger charge is -2.33. The highest BCUT2D eigenvalue weighted by Crippen LogP contribution is 2.48. The summed E-state index contributed by atoms with van der Waals surface area (Å²) in [5.74, 6) is 0.913. The molecule has 0 fully saturated rings. The first-order chi connectivity index (χ1) is 20.3. The maximum Gasteiger partial charge on any atom is 0.145 e. The van der Waals surface area contributed by atoms with Crippen LogP contribution in [0, 0.1) is 0 Å². The van der Waals surface area contributed by atoms with Crippen molar-refractivity contribution >= 4 is 50.0 Å². The number of benzene rings is 5. The zero-order chi connectivity index (χ0) is 26.9. The molecule has 1 aliphatic rings. The van der Waals surface area contributed by atoms with Gasteiger partial charge < -0.3 is 9.32 Å². The van der Waals surface area contributed by atoms with E-state index in [-0.39, 0.29) is 0 Å². The SMILES string of the molecule is c1cc(-c2ccc3oc4ccccc4c3c2)cc(N2c3ccccc3-n3c(-c4ccncc4)nc4cccc2c43)c1. The second kappa shape index (κ2) is 8.41. The van der Waals surface area contributed by atoms with Crippen LogP contribution in [-0.4, -0.2) is 14.5 Å². The van der Waals surface area contributed by atoms with Gasteiger partial charge in [0.25, 0.3) is 0 Å². The fourth-order valence-electron chi connectivity index (χ4n) is 6.20. The van der Waals surface area contributed by atoms with E-state index in [1.54, 1.807) is 0 Å². The molecule has 4 heterocycles. The van der Waals surface area contributed by atoms with Crippen LogP contribution in [0.1, 0.15) is 0 Å². The largest absolute Gasteiger partial charge is 0.456 e. The Bertz CT molecular complexity index is 2280. The first kappa shape index (κ1) is 22.2. The van der Waals surface area contributed by atoms with Gasteiger partial charge in [0.05, 0.1) is 28.1 Å². The number of fused-ring (bicyclic) bond motifs is 5. The smallest absolute Gasteiger partial charge is 0.145 e. The lowest BCUT2D eigenvalue weighted by molar-refractivity contribution is 0.669. The molecular weight excluding hydrogens is 504 g/mol. The Hall–Kier alpha value is -5.68. The third-order valence-corrected chi connectivity index (χ3v) is 8.01. The Morgan fingerprint density at radius 3 is 2.22 bits per heavy atom. The second-order valence-corrected chi connectivity index (χ2v) is 10.3. The van der Waals surface area contributed by atoms with E-state index in [4.69, 9.17) is 9.40 Å². The first-order valence-corrected chi connectivity index (χ1v) is 13.7. The molecule has 0 unspecified atom stereocenters. The molecule has 0 saturated carbocycles. The molecule has 192 valence electrons. The first-order valence-electron chi connectivity index (χ1n) is 13.7. The highest BCUT2D eigenvalue weighted by molar-refractivity contribution is 6.07. The van der Waals surface area contributed by atoms with Crippen molar-refractivity contribution in [1.82, 2.24) is 14.5 Å². The molecule has 0 spiro atoms. The number of furan rings is 1. The molecular formula is C36H22N4O. The van der Waals surface area contributed by atoms with Gasteiger partial charge in [0.1, 0.15) is 17.0 Å². The van der Waals surface area contributed by atoms with Crippen LogP contribution < -0.4 is 4.90 Å². The topological polar surface area (TPSA) is 47.1 Å². The number of rotatable bonds is 3. The zero-order valence-corrected chi connectivity index (χ0v) is 21.9. The molecule has 0 aliphatic carbocycles. The molecule has 9 rings (SSSR count). The maximum atomic E-state index is 6.08. The van der Waals surface area contributed by atoms with E-state index in [1.807, 2.05) is 36.7 Å². The highest BCUT2D eigenvalue weighted by Gasteiger charge is 2.29.